The average molecular weight is 264 g/mol. The molecule has 0 unspecified atom stereocenters. The summed E-state index contributed by atoms with van der Waals surface area (Å²) < 4.78 is 6.20. The normalized spacial score (nSPS) is 28.2. The van der Waals surface area contributed by atoms with Crippen LogP contribution in [-0.4, -0.2) is 29.4 Å². The molecule has 1 aromatic rings. The van der Waals surface area contributed by atoms with Crippen LogP contribution in [0.5, 0.6) is 0 Å². The van der Waals surface area contributed by atoms with E-state index < -0.39 is 0 Å². The van der Waals surface area contributed by atoms with Gasteiger partial charge in [0, 0.05) is 12.3 Å². The number of aliphatic hydroxyl groups is 1. The highest BCUT2D eigenvalue weighted by molar-refractivity contribution is 9.11. The smallest absolute Gasteiger partial charge is 0.0941 e. The molecule has 0 aliphatic carbocycles. The second-order valence-electron chi connectivity index (χ2n) is 3.13. The lowest BCUT2D eigenvalue weighted by Crippen LogP contribution is -2.19. The van der Waals surface area contributed by atoms with Gasteiger partial charge < -0.3 is 9.84 Å². The van der Waals surface area contributed by atoms with Gasteiger partial charge in [-0.2, -0.15) is 0 Å². The zero-order chi connectivity index (χ0) is 9.26. The number of hydrogen-bond acceptors (Lipinski definition) is 4. The number of thiazole rings is 1. The molecule has 0 saturated carbocycles. The Balaban J connectivity index is 1.97. The van der Waals surface area contributed by atoms with Crippen molar-refractivity contribution in [3.63, 3.8) is 0 Å². The molecule has 1 aliphatic rings. The van der Waals surface area contributed by atoms with E-state index in [0.29, 0.717) is 13.2 Å². The molecular formula is C8H10BrNO2S. The van der Waals surface area contributed by atoms with Crippen LogP contribution >= 0.6 is 27.3 Å². The van der Waals surface area contributed by atoms with Crippen LogP contribution in [0, 0.1) is 5.92 Å². The molecule has 2 atom stereocenters. The van der Waals surface area contributed by atoms with Gasteiger partial charge in [-0.25, -0.2) is 4.98 Å². The monoisotopic (exact) mass is 263 g/mol. The van der Waals surface area contributed by atoms with Crippen LogP contribution in [0.25, 0.3) is 0 Å². The van der Waals surface area contributed by atoms with Gasteiger partial charge in [0.15, 0.2) is 0 Å². The van der Waals surface area contributed by atoms with E-state index in [1.807, 2.05) is 0 Å². The van der Waals surface area contributed by atoms with E-state index in [4.69, 9.17) is 4.74 Å². The van der Waals surface area contributed by atoms with Crippen molar-refractivity contribution in [2.45, 2.75) is 12.5 Å². The fourth-order valence-electron chi connectivity index (χ4n) is 1.39. The molecule has 0 radical (unpaired) electrons. The highest BCUT2D eigenvalue weighted by atomic mass is 79.9. The van der Waals surface area contributed by atoms with Crippen LogP contribution in [0.15, 0.2) is 9.98 Å². The van der Waals surface area contributed by atoms with E-state index in [1.165, 1.54) is 0 Å². The van der Waals surface area contributed by atoms with E-state index in [0.717, 1.165) is 15.2 Å². The maximum absolute atomic E-state index is 9.50. The van der Waals surface area contributed by atoms with Gasteiger partial charge in [-0.15, -0.1) is 11.3 Å². The summed E-state index contributed by atoms with van der Waals surface area (Å²) in [4.78, 5) is 4.22. The van der Waals surface area contributed by atoms with Crippen molar-refractivity contribution in [2.75, 3.05) is 13.2 Å². The Bertz CT molecular complexity index is 291. The van der Waals surface area contributed by atoms with Crippen molar-refractivity contribution in [3.8, 4) is 0 Å². The third-order valence-corrected chi connectivity index (χ3v) is 3.63. The average Bonchev–Trinajstić information content (AvgIpc) is 2.64. The van der Waals surface area contributed by atoms with Crippen LogP contribution in [0.1, 0.15) is 5.01 Å². The number of aromatic nitrogens is 1. The van der Waals surface area contributed by atoms with E-state index in [1.54, 1.807) is 17.5 Å². The van der Waals surface area contributed by atoms with Crippen molar-refractivity contribution in [1.29, 1.82) is 0 Å². The van der Waals surface area contributed by atoms with Crippen molar-refractivity contribution in [2.24, 2.45) is 5.92 Å². The van der Waals surface area contributed by atoms with Gasteiger partial charge in [-0.05, 0) is 15.9 Å². The molecule has 5 heteroatoms. The molecule has 0 amide bonds. The fourth-order valence-corrected chi connectivity index (χ4v) is 2.79. The third kappa shape index (κ3) is 2.28. The Hall–Kier alpha value is 0.0300. The Morgan fingerprint density at radius 3 is 3.08 bits per heavy atom. The minimum atomic E-state index is -0.317. The summed E-state index contributed by atoms with van der Waals surface area (Å²) in [5.74, 6) is 0.220. The lowest BCUT2D eigenvalue weighted by Gasteiger charge is -2.08. The first kappa shape index (κ1) is 9.58. The second-order valence-corrected chi connectivity index (χ2v) is 5.62. The fraction of sp³-hybridized carbons (Fsp3) is 0.625. The summed E-state index contributed by atoms with van der Waals surface area (Å²) in [5.41, 5.74) is 0. The molecule has 2 rings (SSSR count). The zero-order valence-electron chi connectivity index (χ0n) is 6.94. The first-order valence-corrected chi connectivity index (χ1v) is 5.72. The molecule has 0 aromatic carbocycles. The number of rotatable bonds is 2. The Morgan fingerprint density at radius 2 is 2.54 bits per heavy atom. The zero-order valence-corrected chi connectivity index (χ0v) is 9.34. The SMILES string of the molecule is O[C@@H]1COC[C@H]1Cc1ncc(Br)s1. The van der Waals surface area contributed by atoms with Gasteiger partial charge in [0.2, 0.25) is 0 Å². The second kappa shape index (κ2) is 4.04. The first-order chi connectivity index (χ1) is 6.25. The molecule has 72 valence electrons. The van der Waals surface area contributed by atoms with Crippen LogP contribution < -0.4 is 0 Å². The molecule has 2 heterocycles. The van der Waals surface area contributed by atoms with Gasteiger partial charge >= 0.3 is 0 Å². The molecular weight excluding hydrogens is 254 g/mol. The maximum Gasteiger partial charge on any atom is 0.0941 e. The number of halogens is 1. The van der Waals surface area contributed by atoms with Gasteiger partial charge in [-0.1, -0.05) is 0 Å². The predicted octanol–water partition coefficient (Wildman–Crippen LogP) is 1.46. The van der Waals surface area contributed by atoms with Gasteiger partial charge in [0.1, 0.15) is 0 Å². The summed E-state index contributed by atoms with van der Waals surface area (Å²) in [6.45, 7) is 1.12. The summed E-state index contributed by atoms with van der Waals surface area (Å²) in [5, 5.41) is 10.6. The Morgan fingerprint density at radius 1 is 1.69 bits per heavy atom. The van der Waals surface area contributed by atoms with Gasteiger partial charge in [-0.3, -0.25) is 0 Å². The molecule has 1 saturated heterocycles. The number of aliphatic hydroxyl groups excluding tert-OH is 1. The number of nitrogens with zero attached hydrogens (tertiary/aromatic N) is 1. The Labute approximate surface area is 88.9 Å². The first-order valence-electron chi connectivity index (χ1n) is 4.11. The van der Waals surface area contributed by atoms with Gasteiger partial charge in [0.25, 0.3) is 0 Å². The van der Waals surface area contributed by atoms with E-state index in [2.05, 4.69) is 20.9 Å². The standard InChI is InChI=1S/C8H10BrNO2S/c9-7-2-10-8(13-7)1-5-3-12-4-6(5)11/h2,5-6,11H,1,3-4H2/t5-,6-/m1/s1. The Kier molecular flexibility index (Phi) is 2.98. The van der Waals surface area contributed by atoms with Gasteiger partial charge in [0.05, 0.1) is 34.3 Å². The molecule has 1 aliphatic heterocycles. The number of ether oxygens (including phenoxy) is 1. The van der Waals surface area contributed by atoms with Crippen LogP contribution in [0.4, 0.5) is 0 Å². The lowest BCUT2D eigenvalue weighted by atomic mass is 10.0. The van der Waals surface area contributed by atoms with Crippen LogP contribution in [0.2, 0.25) is 0 Å². The van der Waals surface area contributed by atoms with Crippen molar-refractivity contribution in [1.82, 2.24) is 4.98 Å². The van der Waals surface area contributed by atoms with Crippen molar-refractivity contribution >= 4 is 27.3 Å². The van der Waals surface area contributed by atoms with Crippen LogP contribution in [-0.2, 0) is 11.2 Å². The highest BCUT2D eigenvalue weighted by Gasteiger charge is 2.26. The van der Waals surface area contributed by atoms with E-state index in [-0.39, 0.29) is 12.0 Å². The van der Waals surface area contributed by atoms with Crippen molar-refractivity contribution < 1.29 is 9.84 Å². The minimum Gasteiger partial charge on any atom is -0.390 e. The molecule has 0 bridgehead atoms. The summed E-state index contributed by atoms with van der Waals surface area (Å²) in [7, 11) is 0. The predicted molar refractivity (Wildman–Crippen MR) is 53.8 cm³/mol. The summed E-state index contributed by atoms with van der Waals surface area (Å²) >= 11 is 4.97. The number of hydrogen-bond donors (Lipinski definition) is 1. The van der Waals surface area contributed by atoms with Crippen LogP contribution in [0.3, 0.4) is 0 Å². The molecule has 3 nitrogen and oxygen atoms in total. The topological polar surface area (TPSA) is 42.4 Å². The maximum atomic E-state index is 9.50. The minimum absolute atomic E-state index is 0.220. The van der Waals surface area contributed by atoms with Crippen molar-refractivity contribution in [3.05, 3.63) is 15.0 Å². The quantitative estimate of drug-likeness (QED) is 0.879. The molecule has 1 N–H and O–H groups in total. The summed E-state index contributed by atoms with van der Waals surface area (Å²) in [6.07, 6.45) is 2.29. The lowest BCUT2D eigenvalue weighted by molar-refractivity contribution is 0.118. The molecule has 0 spiro atoms. The highest BCUT2D eigenvalue weighted by Crippen LogP contribution is 2.24. The summed E-state index contributed by atoms with van der Waals surface area (Å²) in [6, 6.07) is 0. The molecule has 13 heavy (non-hydrogen) atoms. The van der Waals surface area contributed by atoms with E-state index >= 15 is 0 Å². The van der Waals surface area contributed by atoms with E-state index in [9.17, 15) is 5.11 Å². The molecule has 1 fully saturated rings. The molecule has 1 aromatic heterocycles. The third-order valence-electron chi connectivity index (χ3n) is 2.13. The largest absolute Gasteiger partial charge is 0.390 e.